The van der Waals surface area contributed by atoms with E-state index in [-0.39, 0.29) is 0 Å². The Balaban J connectivity index is 1.91. The summed E-state index contributed by atoms with van der Waals surface area (Å²) in [5.74, 6) is 2.73. The largest absolute Gasteiger partial charge is 0.494 e. The summed E-state index contributed by atoms with van der Waals surface area (Å²) in [6, 6.07) is 15.2. The van der Waals surface area contributed by atoms with Crippen LogP contribution in [0.3, 0.4) is 0 Å². The smallest absolute Gasteiger partial charge is 0.219 e. The third kappa shape index (κ3) is 3.40. The molecule has 23 heavy (non-hydrogen) atoms. The molecule has 0 aliphatic rings. The molecule has 0 bridgehead atoms. The predicted molar refractivity (Wildman–Crippen MR) is 93.7 cm³/mol. The first kappa shape index (κ1) is 15.6. The molecule has 5 heteroatoms. The fraction of sp³-hybridized carbons (Fsp3) is 0.167. The molecule has 1 heterocycles. The van der Waals surface area contributed by atoms with Crippen molar-refractivity contribution >= 4 is 26.8 Å². The second kappa shape index (κ2) is 6.87. The van der Waals surface area contributed by atoms with Gasteiger partial charge in [-0.3, -0.25) is 0 Å². The van der Waals surface area contributed by atoms with Gasteiger partial charge in [0.15, 0.2) is 5.75 Å². The highest BCUT2D eigenvalue weighted by Gasteiger charge is 2.09. The lowest BCUT2D eigenvalue weighted by atomic mass is 10.2. The number of rotatable bonds is 5. The van der Waals surface area contributed by atoms with Crippen molar-refractivity contribution in [2.75, 3.05) is 13.7 Å². The average molecular weight is 374 g/mol. The standard InChI is InChI=1S/C18H16BrNO3/c1-3-22-13-6-8-14(9-7-13)23-16-11-5-12-4-10-15(19)18(21-2)17(12)20-16/h4-11H,3H2,1-2H3. The van der Waals surface area contributed by atoms with E-state index in [0.29, 0.717) is 24.0 Å². The van der Waals surface area contributed by atoms with Crippen molar-refractivity contribution in [1.82, 2.24) is 4.98 Å². The minimum absolute atomic E-state index is 0.512. The summed E-state index contributed by atoms with van der Waals surface area (Å²) >= 11 is 3.47. The van der Waals surface area contributed by atoms with Crippen LogP contribution in [-0.2, 0) is 0 Å². The van der Waals surface area contributed by atoms with E-state index in [4.69, 9.17) is 14.2 Å². The molecule has 0 spiro atoms. The first-order valence-corrected chi connectivity index (χ1v) is 8.04. The molecule has 0 saturated heterocycles. The predicted octanol–water partition coefficient (Wildman–Crippen LogP) is 5.20. The van der Waals surface area contributed by atoms with Crippen molar-refractivity contribution in [3.8, 4) is 23.1 Å². The van der Waals surface area contributed by atoms with Gasteiger partial charge in [0, 0.05) is 11.5 Å². The topological polar surface area (TPSA) is 40.6 Å². The average Bonchev–Trinajstić information content (AvgIpc) is 2.57. The summed E-state index contributed by atoms with van der Waals surface area (Å²) < 4.78 is 17.5. The van der Waals surface area contributed by atoms with Gasteiger partial charge in [-0.25, -0.2) is 4.98 Å². The summed E-state index contributed by atoms with van der Waals surface area (Å²) in [5, 5.41) is 0.990. The van der Waals surface area contributed by atoms with E-state index in [1.807, 2.05) is 55.5 Å². The fourth-order valence-electron chi connectivity index (χ4n) is 2.26. The second-order valence-electron chi connectivity index (χ2n) is 4.81. The molecule has 0 unspecified atom stereocenters. The fourth-order valence-corrected chi connectivity index (χ4v) is 2.74. The van der Waals surface area contributed by atoms with Crippen LogP contribution in [0, 0.1) is 0 Å². The molecule has 0 atom stereocenters. The summed E-state index contributed by atoms with van der Waals surface area (Å²) in [6.07, 6.45) is 0. The number of benzene rings is 2. The lowest BCUT2D eigenvalue weighted by Gasteiger charge is -2.10. The molecule has 0 saturated carbocycles. The molecule has 3 rings (SSSR count). The lowest BCUT2D eigenvalue weighted by Crippen LogP contribution is -1.93. The van der Waals surface area contributed by atoms with Crippen LogP contribution < -0.4 is 14.2 Å². The molecule has 0 radical (unpaired) electrons. The number of nitrogens with zero attached hydrogens (tertiary/aromatic N) is 1. The Labute approximate surface area is 143 Å². The molecule has 0 aliphatic carbocycles. The van der Waals surface area contributed by atoms with Crippen molar-refractivity contribution in [3.63, 3.8) is 0 Å². The van der Waals surface area contributed by atoms with Crippen molar-refractivity contribution < 1.29 is 14.2 Å². The van der Waals surface area contributed by atoms with Gasteiger partial charge in [0.1, 0.15) is 17.0 Å². The molecule has 1 aromatic heterocycles. The summed E-state index contributed by atoms with van der Waals surface area (Å²) in [4.78, 5) is 4.55. The third-order valence-electron chi connectivity index (χ3n) is 3.30. The van der Waals surface area contributed by atoms with Gasteiger partial charge < -0.3 is 14.2 Å². The monoisotopic (exact) mass is 373 g/mol. The highest BCUT2D eigenvalue weighted by molar-refractivity contribution is 9.10. The molecule has 0 N–H and O–H groups in total. The number of hydrogen-bond acceptors (Lipinski definition) is 4. The first-order valence-electron chi connectivity index (χ1n) is 7.25. The van der Waals surface area contributed by atoms with Crippen LogP contribution in [0.5, 0.6) is 23.1 Å². The molecule has 2 aromatic carbocycles. The molecular formula is C18H16BrNO3. The summed E-state index contributed by atoms with van der Waals surface area (Å²) in [7, 11) is 1.63. The zero-order valence-corrected chi connectivity index (χ0v) is 14.5. The lowest BCUT2D eigenvalue weighted by molar-refractivity contribution is 0.339. The molecule has 118 valence electrons. The Hall–Kier alpha value is -2.27. The quantitative estimate of drug-likeness (QED) is 0.616. The van der Waals surface area contributed by atoms with Crippen LogP contribution in [0.4, 0.5) is 0 Å². The van der Waals surface area contributed by atoms with Crippen LogP contribution in [0.1, 0.15) is 6.92 Å². The number of ether oxygens (including phenoxy) is 3. The van der Waals surface area contributed by atoms with E-state index in [1.54, 1.807) is 7.11 Å². The number of methoxy groups -OCH3 is 1. The van der Waals surface area contributed by atoms with Crippen LogP contribution in [-0.4, -0.2) is 18.7 Å². The molecular weight excluding hydrogens is 358 g/mol. The maximum absolute atomic E-state index is 5.82. The highest BCUT2D eigenvalue weighted by Crippen LogP contribution is 2.34. The van der Waals surface area contributed by atoms with E-state index < -0.39 is 0 Å². The minimum atomic E-state index is 0.512. The third-order valence-corrected chi connectivity index (χ3v) is 3.93. The van der Waals surface area contributed by atoms with Crippen molar-refractivity contribution in [1.29, 1.82) is 0 Å². The Morgan fingerprint density at radius 1 is 0.957 bits per heavy atom. The zero-order chi connectivity index (χ0) is 16.2. The van der Waals surface area contributed by atoms with Gasteiger partial charge in [-0.05, 0) is 59.3 Å². The molecule has 4 nitrogen and oxygen atoms in total. The van der Waals surface area contributed by atoms with Gasteiger partial charge >= 0.3 is 0 Å². The van der Waals surface area contributed by atoms with Crippen LogP contribution >= 0.6 is 15.9 Å². The van der Waals surface area contributed by atoms with Gasteiger partial charge in [0.2, 0.25) is 5.88 Å². The van der Waals surface area contributed by atoms with E-state index in [1.165, 1.54) is 0 Å². The second-order valence-corrected chi connectivity index (χ2v) is 5.66. The first-order chi connectivity index (χ1) is 11.2. The van der Waals surface area contributed by atoms with Crippen molar-refractivity contribution in [2.45, 2.75) is 6.92 Å². The maximum Gasteiger partial charge on any atom is 0.219 e. The number of hydrogen-bond donors (Lipinski definition) is 0. The minimum Gasteiger partial charge on any atom is -0.494 e. The van der Waals surface area contributed by atoms with Crippen LogP contribution in [0.25, 0.3) is 10.9 Å². The van der Waals surface area contributed by atoms with E-state index in [2.05, 4.69) is 20.9 Å². The molecule has 0 fully saturated rings. The zero-order valence-electron chi connectivity index (χ0n) is 12.9. The Morgan fingerprint density at radius 2 is 1.65 bits per heavy atom. The normalized spacial score (nSPS) is 10.6. The summed E-state index contributed by atoms with van der Waals surface area (Å²) in [5.41, 5.74) is 0.755. The van der Waals surface area contributed by atoms with E-state index in [9.17, 15) is 0 Å². The Morgan fingerprint density at radius 3 is 2.35 bits per heavy atom. The number of fused-ring (bicyclic) bond motifs is 1. The van der Waals surface area contributed by atoms with Gasteiger partial charge in [-0.2, -0.15) is 0 Å². The molecule has 3 aromatic rings. The molecule has 0 aliphatic heterocycles. The van der Waals surface area contributed by atoms with Crippen molar-refractivity contribution in [2.24, 2.45) is 0 Å². The number of halogens is 1. The van der Waals surface area contributed by atoms with Gasteiger partial charge in [-0.1, -0.05) is 6.07 Å². The van der Waals surface area contributed by atoms with Gasteiger partial charge in [0.05, 0.1) is 18.2 Å². The number of pyridine rings is 1. The summed E-state index contributed by atoms with van der Waals surface area (Å²) in [6.45, 7) is 2.59. The van der Waals surface area contributed by atoms with E-state index >= 15 is 0 Å². The maximum atomic E-state index is 5.82. The van der Waals surface area contributed by atoms with Crippen LogP contribution in [0.15, 0.2) is 53.0 Å². The van der Waals surface area contributed by atoms with Gasteiger partial charge in [-0.15, -0.1) is 0 Å². The molecule has 0 amide bonds. The number of aromatic nitrogens is 1. The highest BCUT2D eigenvalue weighted by atomic mass is 79.9. The SMILES string of the molecule is CCOc1ccc(Oc2ccc3ccc(Br)c(OC)c3n2)cc1. The Kier molecular flexibility index (Phi) is 4.67. The van der Waals surface area contributed by atoms with E-state index in [0.717, 1.165) is 21.1 Å². The van der Waals surface area contributed by atoms with Crippen LogP contribution in [0.2, 0.25) is 0 Å². The Bertz CT molecular complexity index is 818. The van der Waals surface area contributed by atoms with Crippen molar-refractivity contribution in [3.05, 3.63) is 53.0 Å². The van der Waals surface area contributed by atoms with Gasteiger partial charge in [0.25, 0.3) is 0 Å².